The van der Waals surface area contributed by atoms with Crippen molar-refractivity contribution >= 4 is 21.6 Å². The first kappa shape index (κ1) is 15.6. The summed E-state index contributed by atoms with van der Waals surface area (Å²) in [6.07, 6.45) is 1.39. The lowest BCUT2D eigenvalue weighted by Gasteiger charge is -2.32. The van der Waals surface area contributed by atoms with Crippen LogP contribution in [0.4, 0.5) is 14.5 Å². The van der Waals surface area contributed by atoms with Crippen LogP contribution < -0.4 is 11.5 Å². The lowest BCUT2D eigenvalue weighted by Crippen LogP contribution is -2.50. The van der Waals surface area contributed by atoms with Crippen molar-refractivity contribution in [2.24, 2.45) is 5.73 Å². The molecule has 4 N–H and O–H groups in total. The van der Waals surface area contributed by atoms with E-state index in [-0.39, 0.29) is 18.7 Å². The molecule has 21 heavy (non-hydrogen) atoms. The molecule has 1 saturated heterocycles. The van der Waals surface area contributed by atoms with Gasteiger partial charge in [0.2, 0.25) is 15.9 Å². The number of rotatable bonds is 3. The van der Waals surface area contributed by atoms with Crippen LogP contribution in [-0.2, 0) is 14.8 Å². The van der Waals surface area contributed by atoms with Gasteiger partial charge in [-0.1, -0.05) is 6.42 Å². The number of carbonyl (C=O) groups is 1. The third-order valence-corrected chi connectivity index (χ3v) is 5.29. The highest BCUT2D eigenvalue weighted by molar-refractivity contribution is 7.89. The summed E-state index contributed by atoms with van der Waals surface area (Å²) in [7, 11) is -4.39. The van der Waals surface area contributed by atoms with Crippen LogP contribution in [0.3, 0.4) is 0 Å². The van der Waals surface area contributed by atoms with Crippen molar-refractivity contribution in [1.29, 1.82) is 0 Å². The Morgan fingerprint density at radius 1 is 1.29 bits per heavy atom. The topological polar surface area (TPSA) is 106 Å². The third kappa shape index (κ3) is 2.84. The number of sulfonamides is 1. The Labute approximate surface area is 120 Å². The molecule has 1 aromatic carbocycles. The molecule has 0 radical (unpaired) electrons. The molecule has 6 nitrogen and oxygen atoms in total. The molecule has 0 aliphatic carbocycles. The van der Waals surface area contributed by atoms with Crippen molar-refractivity contribution < 1.29 is 22.0 Å². The lowest BCUT2D eigenvalue weighted by atomic mass is 10.0. The summed E-state index contributed by atoms with van der Waals surface area (Å²) in [5.74, 6) is -3.69. The largest absolute Gasteiger partial charge is 0.399 e. The van der Waals surface area contributed by atoms with Crippen molar-refractivity contribution in [3.05, 3.63) is 23.8 Å². The van der Waals surface area contributed by atoms with Crippen molar-refractivity contribution in [2.75, 3.05) is 12.3 Å². The van der Waals surface area contributed by atoms with Crippen LogP contribution in [0.5, 0.6) is 0 Å². The number of nitrogens with zero attached hydrogens (tertiary/aromatic N) is 1. The van der Waals surface area contributed by atoms with Gasteiger partial charge in [-0.2, -0.15) is 4.31 Å². The fourth-order valence-corrected chi connectivity index (χ4v) is 4.15. The van der Waals surface area contributed by atoms with Crippen LogP contribution >= 0.6 is 0 Å². The van der Waals surface area contributed by atoms with E-state index in [4.69, 9.17) is 11.5 Å². The summed E-state index contributed by atoms with van der Waals surface area (Å²) in [6, 6.07) is 0.462. The number of hydrogen-bond donors (Lipinski definition) is 2. The van der Waals surface area contributed by atoms with Crippen molar-refractivity contribution in [3.8, 4) is 0 Å². The summed E-state index contributed by atoms with van der Waals surface area (Å²) < 4.78 is 53.0. The normalized spacial score (nSPS) is 20.4. The van der Waals surface area contributed by atoms with Gasteiger partial charge in [0.1, 0.15) is 10.9 Å². The molecule has 2 rings (SSSR count). The fourth-order valence-electron chi connectivity index (χ4n) is 2.37. The van der Waals surface area contributed by atoms with E-state index in [0.717, 1.165) is 10.4 Å². The molecule has 9 heteroatoms. The zero-order chi connectivity index (χ0) is 15.8. The average molecular weight is 319 g/mol. The van der Waals surface area contributed by atoms with Gasteiger partial charge in [0.25, 0.3) is 0 Å². The first-order valence-electron chi connectivity index (χ1n) is 6.31. The van der Waals surface area contributed by atoms with E-state index < -0.39 is 38.5 Å². The molecule has 1 aromatic rings. The lowest BCUT2D eigenvalue weighted by molar-refractivity contribution is -0.122. The van der Waals surface area contributed by atoms with Gasteiger partial charge in [-0.3, -0.25) is 4.79 Å². The van der Waals surface area contributed by atoms with Gasteiger partial charge in [-0.05, 0) is 25.0 Å². The van der Waals surface area contributed by atoms with Gasteiger partial charge >= 0.3 is 0 Å². The first-order chi connectivity index (χ1) is 9.75. The second kappa shape index (κ2) is 5.57. The molecular formula is C12H15F2N3O3S. The Bertz CT molecular complexity index is 679. The van der Waals surface area contributed by atoms with Crippen LogP contribution in [0.1, 0.15) is 19.3 Å². The van der Waals surface area contributed by atoms with E-state index in [0.29, 0.717) is 18.9 Å². The molecule has 0 aromatic heterocycles. The maximum Gasteiger partial charge on any atom is 0.246 e. The maximum absolute atomic E-state index is 13.8. The van der Waals surface area contributed by atoms with Crippen LogP contribution in [0, 0.1) is 11.6 Å². The minimum Gasteiger partial charge on any atom is -0.399 e. The van der Waals surface area contributed by atoms with Crippen LogP contribution in [0.25, 0.3) is 0 Å². The number of nitrogens with two attached hydrogens (primary N) is 2. The second-order valence-corrected chi connectivity index (χ2v) is 6.70. The molecule has 0 bridgehead atoms. The molecule has 1 aliphatic rings. The predicted molar refractivity (Wildman–Crippen MR) is 71.5 cm³/mol. The Kier molecular flexibility index (Phi) is 4.15. The smallest absolute Gasteiger partial charge is 0.246 e. The van der Waals surface area contributed by atoms with E-state index in [1.807, 2.05) is 0 Å². The van der Waals surface area contributed by atoms with E-state index in [1.54, 1.807) is 0 Å². The average Bonchev–Trinajstić information content (AvgIpc) is 2.42. The third-order valence-electron chi connectivity index (χ3n) is 3.39. The predicted octanol–water partition coefficient (Wildman–Crippen LogP) is 0.576. The minimum absolute atomic E-state index is 0.0196. The number of anilines is 1. The highest BCUT2D eigenvalue weighted by atomic mass is 32.2. The summed E-state index contributed by atoms with van der Waals surface area (Å²) in [6.45, 7) is 0.0196. The van der Waals surface area contributed by atoms with Crippen LogP contribution in [0.15, 0.2) is 17.0 Å². The number of nitrogen functional groups attached to an aromatic ring is 1. The number of piperidine rings is 1. The zero-order valence-electron chi connectivity index (χ0n) is 11.1. The molecular weight excluding hydrogens is 304 g/mol. The molecule has 1 fully saturated rings. The van der Waals surface area contributed by atoms with Gasteiger partial charge in [0.15, 0.2) is 11.6 Å². The highest BCUT2D eigenvalue weighted by Crippen LogP contribution is 2.29. The molecule has 116 valence electrons. The van der Waals surface area contributed by atoms with Crippen molar-refractivity contribution in [2.45, 2.75) is 30.2 Å². The summed E-state index contributed by atoms with van der Waals surface area (Å²) in [4.78, 5) is 10.5. The number of carbonyl (C=O) groups excluding carboxylic acids is 1. The van der Waals surface area contributed by atoms with E-state index in [9.17, 15) is 22.0 Å². The van der Waals surface area contributed by atoms with Gasteiger partial charge in [0.05, 0.1) is 0 Å². The number of amides is 1. The number of hydrogen-bond acceptors (Lipinski definition) is 4. The van der Waals surface area contributed by atoms with Crippen LogP contribution in [0.2, 0.25) is 0 Å². The quantitative estimate of drug-likeness (QED) is 0.794. The highest BCUT2D eigenvalue weighted by Gasteiger charge is 2.38. The molecule has 1 amide bonds. The first-order valence-corrected chi connectivity index (χ1v) is 7.75. The van der Waals surface area contributed by atoms with E-state index in [2.05, 4.69) is 0 Å². The standard InChI is InChI=1S/C12H15F2N3O3S/c13-8-5-7(15)6-10(11(8)14)21(19,20)17-4-2-1-3-9(17)12(16)18/h5-6,9H,1-4,15H2,(H2,16,18). The number of halogens is 2. The van der Waals surface area contributed by atoms with Crippen molar-refractivity contribution in [1.82, 2.24) is 4.31 Å². The zero-order valence-corrected chi connectivity index (χ0v) is 11.9. The SMILES string of the molecule is NC(=O)C1CCCCN1S(=O)(=O)c1cc(N)cc(F)c1F. The van der Waals surface area contributed by atoms with E-state index >= 15 is 0 Å². The summed E-state index contributed by atoms with van der Waals surface area (Å²) in [5.41, 5.74) is 10.3. The molecule has 0 spiro atoms. The van der Waals surface area contributed by atoms with E-state index in [1.165, 1.54) is 0 Å². The molecule has 1 aliphatic heterocycles. The van der Waals surface area contributed by atoms with Crippen molar-refractivity contribution in [3.63, 3.8) is 0 Å². The molecule has 1 unspecified atom stereocenters. The van der Waals surface area contributed by atoms with Gasteiger partial charge in [-0.25, -0.2) is 17.2 Å². The van der Waals surface area contributed by atoms with Gasteiger partial charge < -0.3 is 11.5 Å². The van der Waals surface area contributed by atoms with Gasteiger partial charge in [0, 0.05) is 12.2 Å². The number of benzene rings is 1. The Hall–Kier alpha value is -1.74. The fraction of sp³-hybridized carbons (Fsp3) is 0.417. The summed E-state index contributed by atoms with van der Waals surface area (Å²) in [5, 5.41) is 0. The summed E-state index contributed by atoms with van der Waals surface area (Å²) >= 11 is 0. The van der Waals surface area contributed by atoms with Crippen LogP contribution in [-0.4, -0.2) is 31.2 Å². The molecule has 0 saturated carbocycles. The molecule has 1 atom stereocenters. The Balaban J connectivity index is 2.53. The number of primary amides is 1. The minimum atomic E-state index is -4.39. The molecule has 1 heterocycles. The monoisotopic (exact) mass is 319 g/mol. The Morgan fingerprint density at radius 2 is 1.95 bits per heavy atom. The Morgan fingerprint density at radius 3 is 2.57 bits per heavy atom. The second-order valence-electron chi connectivity index (χ2n) is 4.84. The maximum atomic E-state index is 13.8. The van der Waals surface area contributed by atoms with Gasteiger partial charge in [-0.15, -0.1) is 0 Å².